The predicted octanol–water partition coefficient (Wildman–Crippen LogP) is 4.11. The molecule has 7 nitrogen and oxygen atoms in total. The average molecular weight is 490 g/mol. The van der Waals surface area contributed by atoms with E-state index in [1.54, 1.807) is 5.38 Å². The zero-order valence-electron chi connectivity index (χ0n) is 19.0. The van der Waals surface area contributed by atoms with Crippen molar-refractivity contribution in [1.82, 2.24) is 9.21 Å². The molecule has 2 saturated heterocycles. The molecule has 2 aliphatic heterocycles. The lowest BCUT2D eigenvalue weighted by Crippen LogP contribution is -2.41. The third kappa shape index (κ3) is 5.47. The second kappa shape index (κ2) is 10.4. The number of benzene rings is 1. The van der Waals surface area contributed by atoms with E-state index in [-0.39, 0.29) is 21.9 Å². The fourth-order valence-corrected chi connectivity index (χ4v) is 7.23. The smallest absolute Gasteiger partial charge is 0.254 e. The van der Waals surface area contributed by atoms with Crippen LogP contribution in [0, 0.1) is 12.8 Å². The molecule has 0 aliphatic carbocycles. The summed E-state index contributed by atoms with van der Waals surface area (Å²) in [5, 5.41) is 4.62. The minimum atomic E-state index is -3.68. The Bertz CT molecular complexity index is 1100. The van der Waals surface area contributed by atoms with Crippen molar-refractivity contribution in [3.05, 3.63) is 46.8 Å². The Morgan fingerprint density at radius 2 is 1.67 bits per heavy atom. The van der Waals surface area contributed by atoms with Gasteiger partial charge in [0.15, 0.2) is 0 Å². The number of likely N-dealkylation sites (tertiary alicyclic amines) is 1. The van der Waals surface area contributed by atoms with E-state index in [1.807, 2.05) is 36.1 Å². The van der Waals surface area contributed by atoms with Gasteiger partial charge < -0.3 is 10.2 Å². The molecule has 0 unspecified atom stereocenters. The number of amides is 2. The highest BCUT2D eigenvalue weighted by Gasteiger charge is 2.33. The molecule has 3 heterocycles. The highest BCUT2D eigenvalue weighted by Crippen LogP contribution is 2.29. The van der Waals surface area contributed by atoms with Gasteiger partial charge in [0.1, 0.15) is 4.21 Å². The maximum atomic E-state index is 13.2. The molecule has 1 N–H and O–H groups in total. The maximum absolute atomic E-state index is 13.2. The number of para-hydroxylation sites is 1. The zero-order valence-corrected chi connectivity index (χ0v) is 20.6. The number of carbonyl (C=O) groups is 2. The third-order valence-electron chi connectivity index (χ3n) is 6.54. The molecular weight excluding hydrogens is 458 g/mol. The molecule has 2 fully saturated rings. The van der Waals surface area contributed by atoms with Gasteiger partial charge in [0.05, 0.1) is 5.56 Å². The lowest BCUT2D eigenvalue weighted by atomic mass is 9.97. The fourth-order valence-electron chi connectivity index (χ4n) is 4.45. The van der Waals surface area contributed by atoms with Gasteiger partial charge in [-0.15, -0.1) is 11.3 Å². The molecule has 0 spiro atoms. The van der Waals surface area contributed by atoms with Gasteiger partial charge in [0, 0.05) is 43.2 Å². The Hall–Kier alpha value is -2.23. The van der Waals surface area contributed by atoms with Gasteiger partial charge in [-0.1, -0.05) is 31.0 Å². The molecule has 4 rings (SSSR count). The van der Waals surface area contributed by atoms with Gasteiger partial charge >= 0.3 is 0 Å². The normalized spacial score (nSPS) is 18.6. The Labute approximate surface area is 199 Å². The van der Waals surface area contributed by atoms with E-state index in [9.17, 15) is 18.0 Å². The van der Waals surface area contributed by atoms with E-state index in [0.717, 1.165) is 61.4 Å². The standard InChI is InChI=1S/C24H31N3O4S2/c1-18-8-4-5-9-21(18)25-23(28)19-10-14-27(15-11-19)33(30,31)22-16-20(17-32-22)24(29)26-12-6-2-3-7-13-26/h4-5,8-9,16-17,19H,2-3,6-7,10-15H2,1H3,(H,25,28). The summed E-state index contributed by atoms with van der Waals surface area (Å²) in [6.07, 6.45) is 5.20. The molecular formula is C24H31N3O4S2. The van der Waals surface area contributed by atoms with Gasteiger partial charge in [-0.25, -0.2) is 8.42 Å². The summed E-state index contributed by atoms with van der Waals surface area (Å²) in [6, 6.07) is 9.13. The van der Waals surface area contributed by atoms with Crippen LogP contribution in [0.5, 0.6) is 0 Å². The number of hydrogen-bond acceptors (Lipinski definition) is 5. The number of thiophene rings is 1. The Kier molecular flexibility index (Phi) is 7.51. The zero-order chi connectivity index (χ0) is 23.4. The van der Waals surface area contributed by atoms with Crippen molar-refractivity contribution in [3.63, 3.8) is 0 Å². The Balaban J connectivity index is 1.36. The number of carbonyl (C=O) groups excluding carboxylic acids is 2. The van der Waals surface area contributed by atoms with E-state index in [1.165, 1.54) is 10.4 Å². The predicted molar refractivity (Wildman–Crippen MR) is 130 cm³/mol. The number of nitrogens with one attached hydrogen (secondary N) is 1. The first-order chi connectivity index (χ1) is 15.9. The summed E-state index contributed by atoms with van der Waals surface area (Å²) in [4.78, 5) is 27.4. The van der Waals surface area contributed by atoms with Crippen LogP contribution in [0.2, 0.25) is 0 Å². The van der Waals surface area contributed by atoms with Crippen molar-refractivity contribution in [1.29, 1.82) is 0 Å². The molecule has 1 aromatic carbocycles. The van der Waals surface area contributed by atoms with E-state index < -0.39 is 10.0 Å². The van der Waals surface area contributed by atoms with Crippen molar-refractivity contribution in [3.8, 4) is 0 Å². The quantitative estimate of drug-likeness (QED) is 0.685. The lowest BCUT2D eigenvalue weighted by Gasteiger charge is -2.30. The van der Waals surface area contributed by atoms with Crippen LogP contribution in [0.15, 0.2) is 39.9 Å². The highest BCUT2D eigenvalue weighted by molar-refractivity contribution is 7.91. The number of sulfonamides is 1. The van der Waals surface area contributed by atoms with Gasteiger partial charge in [-0.2, -0.15) is 4.31 Å². The summed E-state index contributed by atoms with van der Waals surface area (Å²) in [5.41, 5.74) is 2.24. The second-order valence-corrected chi connectivity index (χ2v) is 11.9. The molecule has 2 amide bonds. The summed E-state index contributed by atoms with van der Waals surface area (Å²) in [5.74, 6) is -0.372. The first-order valence-corrected chi connectivity index (χ1v) is 13.9. The number of hydrogen-bond donors (Lipinski definition) is 1. The minimum absolute atomic E-state index is 0.0668. The van der Waals surface area contributed by atoms with Gasteiger partial charge in [0.2, 0.25) is 5.91 Å². The van der Waals surface area contributed by atoms with Crippen molar-refractivity contribution in [2.45, 2.75) is 49.7 Å². The molecule has 0 radical (unpaired) electrons. The molecule has 178 valence electrons. The van der Waals surface area contributed by atoms with Gasteiger partial charge in [-0.05, 0) is 50.3 Å². The maximum Gasteiger partial charge on any atom is 0.254 e. The second-order valence-electron chi connectivity index (χ2n) is 8.84. The van der Waals surface area contributed by atoms with Crippen molar-refractivity contribution < 1.29 is 18.0 Å². The van der Waals surface area contributed by atoms with Crippen molar-refractivity contribution in [2.75, 3.05) is 31.5 Å². The minimum Gasteiger partial charge on any atom is -0.339 e. The lowest BCUT2D eigenvalue weighted by molar-refractivity contribution is -0.120. The van der Waals surface area contributed by atoms with Crippen LogP contribution in [0.3, 0.4) is 0 Å². The molecule has 9 heteroatoms. The van der Waals surface area contributed by atoms with Crippen LogP contribution >= 0.6 is 11.3 Å². The third-order valence-corrected chi connectivity index (χ3v) is 9.85. The van der Waals surface area contributed by atoms with Crippen LogP contribution in [0.25, 0.3) is 0 Å². The topological polar surface area (TPSA) is 86.8 Å². The molecule has 0 saturated carbocycles. The van der Waals surface area contributed by atoms with Crippen LogP contribution in [-0.2, 0) is 14.8 Å². The van der Waals surface area contributed by atoms with Crippen molar-refractivity contribution >= 4 is 38.9 Å². The van der Waals surface area contributed by atoms with Gasteiger partial charge in [-0.3, -0.25) is 9.59 Å². The molecule has 0 bridgehead atoms. The van der Waals surface area contributed by atoms with E-state index in [0.29, 0.717) is 31.5 Å². The van der Waals surface area contributed by atoms with Gasteiger partial charge in [0.25, 0.3) is 15.9 Å². The Morgan fingerprint density at radius 1 is 1.00 bits per heavy atom. The summed E-state index contributed by atoms with van der Waals surface area (Å²) in [7, 11) is -3.68. The molecule has 1 aromatic heterocycles. The number of anilines is 1. The molecule has 2 aromatic rings. The van der Waals surface area contributed by atoms with Crippen molar-refractivity contribution in [2.24, 2.45) is 5.92 Å². The largest absolute Gasteiger partial charge is 0.339 e. The summed E-state index contributed by atoms with van der Waals surface area (Å²) in [6.45, 7) is 3.99. The first kappa shape index (κ1) is 23.9. The van der Waals surface area contributed by atoms with Crippen LogP contribution in [0.4, 0.5) is 5.69 Å². The highest BCUT2D eigenvalue weighted by atomic mass is 32.2. The summed E-state index contributed by atoms with van der Waals surface area (Å²) >= 11 is 1.10. The van der Waals surface area contributed by atoms with Crippen LogP contribution in [0.1, 0.15) is 54.4 Å². The number of nitrogens with zero attached hydrogens (tertiary/aromatic N) is 2. The first-order valence-electron chi connectivity index (χ1n) is 11.6. The monoisotopic (exact) mass is 489 g/mol. The van der Waals surface area contributed by atoms with Crippen LogP contribution in [-0.4, -0.2) is 55.6 Å². The fraction of sp³-hybridized carbons (Fsp3) is 0.500. The molecule has 33 heavy (non-hydrogen) atoms. The Morgan fingerprint density at radius 3 is 2.33 bits per heavy atom. The number of rotatable bonds is 5. The SMILES string of the molecule is Cc1ccccc1NC(=O)C1CCN(S(=O)(=O)c2cc(C(=O)N3CCCCCC3)cs2)CC1. The molecule has 0 atom stereocenters. The number of aryl methyl sites for hydroxylation is 1. The number of piperidine rings is 1. The average Bonchev–Trinajstić information content (AvgIpc) is 3.17. The van der Waals surface area contributed by atoms with Crippen LogP contribution < -0.4 is 5.32 Å². The van der Waals surface area contributed by atoms with E-state index in [4.69, 9.17) is 0 Å². The van der Waals surface area contributed by atoms with E-state index in [2.05, 4.69) is 5.32 Å². The van der Waals surface area contributed by atoms with E-state index >= 15 is 0 Å². The molecule has 2 aliphatic rings. The summed E-state index contributed by atoms with van der Waals surface area (Å²) < 4.78 is 28.0.